The molecule has 3 aromatic rings. The standard InChI is InChI=1S/C40H42N4O10S/c1-17-9-21-10-23-24(13-41)44-25-14-51-39(48)40(22-12-27(49-5)26(46)11-20(22)7-8-42-40)15-55-38(32(44)31(43(23)4)28(21)33(47)34(17)50-6)30-29(25)37-36(52-16-53-37)18(2)35(30)54-19(3)45/h9,11-12,23-25,31-32,38,42,46-47H,7-8,10,14-16H2,1-6H3/t23-,24-,25-,31+,32+,38?,40?/m0/s1. The van der Waals surface area contributed by atoms with Crippen LogP contribution in [-0.2, 0) is 32.7 Å². The number of rotatable bonds is 3. The van der Waals surface area contributed by atoms with Crippen LogP contribution in [0.15, 0.2) is 18.2 Å². The Kier molecular flexibility index (Phi) is 8.36. The first-order valence-corrected chi connectivity index (χ1v) is 19.4. The van der Waals surface area contributed by atoms with E-state index in [-0.39, 0.29) is 42.4 Å². The van der Waals surface area contributed by atoms with Crippen molar-refractivity contribution < 1.29 is 48.2 Å². The number of hydrogen-bond acceptors (Lipinski definition) is 15. The summed E-state index contributed by atoms with van der Waals surface area (Å²) in [7, 11) is 4.99. The molecule has 0 saturated carbocycles. The number of ether oxygens (including phenoxy) is 6. The molecule has 0 amide bonds. The van der Waals surface area contributed by atoms with Gasteiger partial charge in [-0.05, 0) is 68.1 Å². The molecule has 7 aliphatic rings. The number of carbonyl (C=O) groups excluding carboxylic acids is 2. The smallest absolute Gasteiger partial charge is 0.331 e. The minimum atomic E-state index is -1.36. The summed E-state index contributed by atoms with van der Waals surface area (Å²) < 4.78 is 36.1. The van der Waals surface area contributed by atoms with E-state index >= 15 is 0 Å². The number of phenolic OH excluding ortho intramolecular Hbond substituents is 2. The van der Waals surface area contributed by atoms with Crippen LogP contribution in [0.3, 0.4) is 0 Å². The molecule has 4 bridgehead atoms. The molecule has 10 rings (SSSR count). The summed E-state index contributed by atoms with van der Waals surface area (Å²) >= 11 is 1.48. The Hall–Kier alpha value is -4.88. The van der Waals surface area contributed by atoms with Gasteiger partial charge in [0.2, 0.25) is 6.79 Å². The second-order valence-electron chi connectivity index (χ2n) is 15.1. The quantitative estimate of drug-likeness (QED) is 0.258. The maximum Gasteiger partial charge on any atom is 0.331 e. The zero-order valence-electron chi connectivity index (χ0n) is 31.3. The first-order chi connectivity index (χ1) is 26.4. The summed E-state index contributed by atoms with van der Waals surface area (Å²) in [6, 6.07) is 5.28. The van der Waals surface area contributed by atoms with Crippen LogP contribution in [0.4, 0.5) is 0 Å². The molecule has 2 saturated heterocycles. The first-order valence-electron chi connectivity index (χ1n) is 18.3. The second-order valence-corrected chi connectivity index (χ2v) is 16.2. The molecule has 1 spiro atoms. The number of carbonyl (C=O) groups is 2. The molecular formula is C40H42N4O10S. The number of likely N-dealkylation sites (N-methyl/N-ethyl adjacent to an activating group) is 1. The van der Waals surface area contributed by atoms with Crippen molar-refractivity contribution in [3.63, 3.8) is 0 Å². The molecule has 55 heavy (non-hydrogen) atoms. The van der Waals surface area contributed by atoms with Crippen molar-refractivity contribution >= 4 is 23.7 Å². The molecule has 15 heteroatoms. The van der Waals surface area contributed by atoms with Gasteiger partial charge >= 0.3 is 11.9 Å². The minimum absolute atomic E-state index is 0.0239. The lowest BCUT2D eigenvalue weighted by Gasteiger charge is -2.62. The normalized spacial score (nSPS) is 28.9. The highest BCUT2D eigenvalue weighted by molar-refractivity contribution is 7.99. The van der Waals surface area contributed by atoms with E-state index < -0.39 is 46.9 Å². The first kappa shape index (κ1) is 35.8. The maximum absolute atomic E-state index is 14.7. The third kappa shape index (κ3) is 4.90. The Morgan fingerprint density at radius 1 is 1.05 bits per heavy atom. The Morgan fingerprint density at radius 3 is 2.56 bits per heavy atom. The predicted octanol–water partition coefficient (Wildman–Crippen LogP) is 3.99. The van der Waals surface area contributed by atoms with Gasteiger partial charge in [-0.15, -0.1) is 11.8 Å². The second kappa shape index (κ2) is 12.8. The van der Waals surface area contributed by atoms with E-state index in [9.17, 15) is 25.1 Å². The molecule has 0 aromatic heterocycles. The van der Waals surface area contributed by atoms with Crippen LogP contribution in [0.5, 0.6) is 40.2 Å². The van der Waals surface area contributed by atoms with Crippen molar-refractivity contribution in [2.45, 2.75) is 74.6 Å². The average Bonchev–Trinajstić information content (AvgIpc) is 3.65. The molecule has 0 radical (unpaired) electrons. The summed E-state index contributed by atoms with van der Waals surface area (Å²) in [5, 5.41) is 36.9. The van der Waals surface area contributed by atoms with E-state index in [1.54, 1.807) is 12.1 Å². The van der Waals surface area contributed by atoms with Crippen molar-refractivity contribution in [1.82, 2.24) is 15.1 Å². The van der Waals surface area contributed by atoms with Crippen LogP contribution >= 0.6 is 11.8 Å². The van der Waals surface area contributed by atoms with Crippen LogP contribution in [0.25, 0.3) is 0 Å². The number of aryl methyl sites for hydroxylation is 1. The highest BCUT2D eigenvalue weighted by Gasteiger charge is 2.62. The van der Waals surface area contributed by atoms with Gasteiger partial charge in [0, 0.05) is 53.6 Å². The number of nitrogens with one attached hydrogen (secondary N) is 1. The van der Waals surface area contributed by atoms with Gasteiger partial charge in [0.1, 0.15) is 18.4 Å². The Morgan fingerprint density at radius 2 is 1.84 bits per heavy atom. The molecule has 7 aliphatic heterocycles. The van der Waals surface area contributed by atoms with Crippen LogP contribution in [0, 0.1) is 25.2 Å². The van der Waals surface area contributed by atoms with E-state index in [1.807, 2.05) is 27.0 Å². The molecule has 2 fully saturated rings. The molecular weight excluding hydrogens is 729 g/mol. The van der Waals surface area contributed by atoms with Gasteiger partial charge in [-0.2, -0.15) is 5.26 Å². The average molecular weight is 771 g/mol. The topological polar surface area (TPSA) is 172 Å². The lowest BCUT2D eigenvalue weighted by molar-refractivity contribution is -0.157. The number of nitriles is 1. The zero-order valence-corrected chi connectivity index (χ0v) is 32.2. The van der Waals surface area contributed by atoms with Gasteiger partial charge in [-0.3, -0.25) is 19.9 Å². The summed E-state index contributed by atoms with van der Waals surface area (Å²) in [4.78, 5) is 32.0. The summed E-state index contributed by atoms with van der Waals surface area (Å²) in [5.41, 5.74) is 4.41. The van der Waals surface area contributed by atoms with Gasteiger partial charge in [0.05, 0.1) is 37.6 Å². The SMILES string of the molecule is COc1cc2c(cc1O)CCNC21CSC2c3c(OC(C)=O)c(C)c4c(c3[C@H](COC1=O)N1[C@@H](C#N)[C@@H]3Cc5cc(C)c(OC)c(O)c5[C@H]([C@H]21)N3C)OCO4. The fourth-order valence-electron chi connectivity index (χ4n) is 10.2. The molecule has 288 valence electrons. The van der Waals surface area contributed by atoms with E-state index in [0.717, 1.165) is 16.7 Å². The van der Waals surface area contributed by atoms with Crippen LogP contribution in [0.2, 0.25) is 0 Å². The van der Waals surface area contributed by atoms with Gasteiger partial charge < -0.3 is 38.6 Å². The Labute approximate surface area is 322 Å². The molecule has 2 unspecified atom stereocenters. The third-order valence-corrected chi connectivity index (χ3v) is 13.9. The van der Waals surface area contributed by atoms with Gasteiger partial charge in [-0.25, -0.2) is 4.79 Å². The number of hydrogen-bond donors (Lipinski definition) is 3. The summed E-state index contributed by atoms with van der Waals surface area (Å²) in [6.45, 7) is 5.28. The van der Waals surface area contributed by atoms with E-state index in [2.05, 4.69) is 21.2 Å². The molecule has 0 aliphatic carbocycles. The number of piperazine rings is 1. The molecule has 3 N–H and O–H groups in total. The number of aromatic hydroxyl groups is 2. The number of methoxy groups -OCH3 is 2. The predicted molar refractivity (Wildman–Crippen MR) is 198 cm³/mol. The number of fused-ring (bicyclic) bond motifs is 9. The van der Waals surface area contributed by atoms with Crippen molar-refractivity contribution in [3.8, 4) is 46.3 Å². The number of phenols is 2. The molecule has 14 nitrogen and oxygen atoms in total. The number of nitrogens with zero attached hydrogens (tertiary/aromatic N) is 3. The van der Waals surface area contributed by atoms with Crippen LogP contribution < -0.4 is 29.0 Å². The van der Waals surface area contributed by atoms with Crippen molar-refractivity contribution in [3.05, 3.63) is 62.7 Å². The fraction of sp³-hybridized carbons (Fsp3) is 0.475. The van der Waals surface area contributed by atoms with Crippen molar-refractivity contribution in [2.24, 2.45) is 0 Å². The maximum atomic E-state index is 14.7. The monoisotopic (exact) mass is 770 g/mol. The van der Waals surface area contributed by atoms with E-state index in [4.69, 9.17) is 28.4 Å². The molecule has 7 atom stereocenters. The Bertz CT molecular complexity index is 2220. The number of esters is 2. The van der Waals surface area contributed by atoms with E-state index in [1.165, 1.54) is 32.9 Å². The van der Waals surface area contributed by atoms with Crippen LogP contribution in [0.1, 0.15) is 68.8 Å². The van der Waals surface area contributed by atoms with Crippen molar-refractivity contribution in [2.75, 3.05) is 47.0 Å². The van der Waals surface area contributed by atoms with Gasteiger partial charge in [-0.1, -0.05) is 6.07 Å². The number of benzene rings is 3. The van der Waals surface area contributed by atoms with Gasteiger partial charge in [0.25, 0.3) is 0 Å². The van der Waals surface area contributed by atoms with Crippen LogP contribution in [-0.4, -0.2) is 97.0 Å². The lowest BCUT2D eigenvalue weighted by Crippen LogP contribution is -2.69. The van der Waals surface area contributed by atoms with Crippen molar-refractivity contribution in [1.29, 1.82) is 5.26 Å². The molecule has 7 heterocycles. The lowest BCUT2D eigenvalue weighted by atomic mass is 9.71. The molecule has 3 aromatic carbocycles. The zero-order chi connectivity index (χ0) is 38.7. The fourth-order valence-corrected chi connectivity index (χ4v) is 11.9. The highest BCUT2D eigenvalue weighted by atomic mass is 32.2. The Balaban J connectivity index is 1.33. The summed E-state index contributed by atoms with van der Waals surface area (Å²) in [6.07, 6.45) is 1.05. The van der Waals surface area contributed by atoms with Gasteiger partial charge in [0.15, 0.2) is 40.0 Å². The number of thioether (sulfide) groups is 1. The third-order valence-electron chi connectivity index (χ3n) is 12.4. The highest BCUT2D eigenvalue weighted by Crippen LogP contribution is 2.64. The minimum Gasteiger partial charge on any atom is -0.504 e. The van der Waals surface area contributed by atoms with E-state index in [0.29, 0.717) is 70.2 Å². The summed E-state index contributed by atoms with van der Waals surface area (Å²) in [5.74, 6) is 0.973. The largest absolute Gasteiger partial charge is 0.504 e.